The van der Waals surface area contributed by atoms with Crippen LogP contribution in [0.3, 0.4) is 0 Å². The Morgan fingerprint density at radius 3 is 2.60 bits per heavy atom. The highest BCUT2D eigenvalue weighted by Gasteiger charge is 2.34. The first kappa shape index (κ1) is 20.7. The van der Waals surface area contributed by atoms with Gasteiger partial charge in [0.05, 0.1) is 30.3 Å². The molecular formula is C23H28FN3O3. The first-order valence-electron chi connectivity index (χ1n) is 10.6. The molecule has 6 nitrogen and oxygen atoms in total. The number of rotatable bonds is 7. The van der Waals surface area contributed by atoms with Gasteiger partial charge in [0.25, 0.3) is 0 Å². The van der Waals surface area contributed by atoms with Crippen molar-refractivity contribution in [3.05, 3.63) is 42.0 Å². The van der Waals surface area contributed by atoms with Crippen LogP contribution in [0.15, 0.2) is 30.6 Å². The molecule has 2 aliphatic rings. The van der Waals surface area contributed by atoms with Gasteiger partial charge < -0.3 is 14.7 Å². The van der Waals surface area contributed by atoms with Gasteiger partial charge in [-0.15, -0.1) is 0 Å². The predicted octanol–water partition coefficient (Wildman–Crippen LogP) is 4.26. The lowest BCUT2D eigenvalue weighted by Gasteiger charge is -2.44. The molecule has 1 aliphatic heterocycles. The molecule has 1 saturated carbocycles. The predicted molar refractivity (Wildman–Crippen MR) is 111 cm³/mol. The molecule has 1 aromatic carbocycles. The number of benzene rings is 1. The number of carboxylic acid groups (broad SMARTS) is 1. The maximum Gasteiger partial charge on any atom is 0.335 e. The SMILES string of the molecule is CC1(CN2CCC(COc3cnc(-c4ccc(C(=O)O)cc4F)cn3)CC2)CCC1. The van der Waals surface area contributed by atoms with Crippen molar-refractivity contribution >= 4 is 5.97 Å². The molecule has 1 saturated heterocycles. The lowest BCUT2D eigenvalue weighted by Crippen LogP contribution is -2.44. The van der Waals surface area contributed by atoms with Crippen LogP contribution in [-0.2, 0) is 0 Å². The summed E-state index contributed by atoms with van der Waals surface area (Å²) < 4.78 is 20.0. The zero-order valence-electron chi connectivity index (χ0n) is 17.3. The van der Waals surface area contributed by atoms with Crippen LogP contribution in [-0.4, -0.2) is 52.2 Å². The summed E-state index contributed by atoms with van der Waals surface area (Å²) in [5.74, 6) is -0.873. The van der Waals surface area contributed by atoms with E-state index in [1.165, 1.54) is 50.3 Å². The molecule has 2 heterocycles. The number of carboxylic acids is 1. The Morgan fingerprint density at radius 1 is 1.27 bits per heavy atom. The quantitative estimate of drug-likeness (QED) is 0.731. The summed E-state index contributed by atoms with van der Waals surface area (Å²) in [6, 6.07) is 3.74. The van der Waals surface area contributed by atoms with Gasteiger partial charge in [-0.1, -0.05) is 13.3 Å². The van der Waals surface area contributed by atoms with Crippen molar-refractivity contribution in [3.8, 4) is 17.1 Å². The van der Waals surface area contributed by atoms with Crippen molar-refractivity contribution in [3.63, 3.8) is 0 Å². The number of aromatic nitrogens is 2. The van der Waals surface area contributed by atoms with Crippen LogP contribution in [0.4, 0.5) is 4.39 Å². The van der Waals surface area contributed by atoms with Crippen molar-refractivity contribution in [1.29, 1.82) is 0 Å². The molecule has 0 atom stereocenters. The van der Waals surface area contributed by atoms with Crippen molar-refractivity contribution < 1.29 is 19.0 Å². The van der Waals surface area contributed by atoms with Gasteiger partial charge >= 0.3 is 5.97 Å². The van der Waals surface area contributed by atoms with Crippen molar-refractivity contribution in [2.75, 3.05) is 26.2 Å². The van der Waals surface area contributed by atoms with Crippen LogP contribution < -0.4 is 4.74 Å². The second-order valence-corrected chi connectivity index (χ2v) is 8.93. The molecule has 4 rings (SSSR count). The fraction of sp³-hybridized carbons (Fsp3) is 0.522. The molecule has 0 bridgehead atoms. The summed E-state index contributed by atoms with van der Waals surface area (Å²) in [4.78, 5) is 22.0. The number of halogens is 1. The molecule has 0 amide bonds. The number of hydrogen-bond donors (Lipinski definition) is 1. The third-order valence-electron chi connectivity index (χ3n) is 6.46. The number of carbonyl (C=O) groups is 1. The maximum absolute atomic E-state index is 14.2. The number of likely N-dealkylation sites (tertiary alicyclic amines) is 1. The second kappa shape index (κ2) is 8.68. The molecule has 2 fully saturated rings. The minimum Gasteiger partial charge on any atom is -0.478 e. The van der Waals surface area contributed by atoms with E-state index in [0.717, 1.165) is 32.0 Å². The molecule has 1 aliphatic carbocycles. The molecule has 2 aromatic rings. The number of nitrogens with zero attached hydrogens (tertiary/aromatic N) is 3. The zero-order valence-corrected chi connectivity index (χ0v) is 17.3. The van der Waals surface area contributed by atoms with Crippen LogP contribution >= 0.6 is 0 Å². The number of piperidine rings is 1. The maximum atomic E-state index is 14.2. The average molecular weight is 413 g/mol. The summed E-state index contributed by atoms with van der Waals surface area (Å²) in [6.45, 7) is 6.48. The lowest BCUT2D eigenvalue weighted by atomic mass is 9.70. The van der Waals surface area contributed by atoms with Gasteiger partial charge in [-0.05, 0) is 68.3 Å². The molecule has 0 radical (unpaired) electrons. The zero-order chi connectivity index (χ0) is 21.1. The summed E-state index contributed by atoms with van der Waals surface area (Å²) in [5, 5.41) is 8.94. The fourth-order valence-electron chi connectivity index (χ4n) is 4.38. The Bertz CT molecular complexity index is 891. The van der Waals surface area contributed by atoms with E-state index < -0.39 is 11.8 Å². The van der Waals surface area contributed by atoms with E-state index in [4.69, 9.17) is 9.84 Å². The van der Waals surface area contributed by atoms with E-state index in [-0.39, 0.29) is 11.1 Å². The first-order valence-corrected chi connectivity index (χ1v) is 10.6. The van der Waals surface area contributed by atoms with E-state index in [2.05, 4.69) is 21.8 Å². The monoisotopic (exact) mass is 413 g/mol. The van der Waals surface area contributed by atoms with E-state index in [0.29, 0.717) is 29.5 Å². The minimum atomic E-state index is -1.17. The lowest BCUT2D eigenvalue weighted by molar-refractivity contribution is 0.0560. The van der Waals surface area contributed by atoms with Gasteiger partial charge in [-0.3, -0.25) is 0 Å². The van der Waals surface area contributed by atoms with E-state index in [1.54, 1.807) is 0 Å². The Hall–Kier alpha value is -2.54. The number of ether oxygens (including phenoxy) is 1. The summed E-state index contributed by atoms with van der Waals surface area (Å²) in [7, 11) is 0. The minimum absolute atomic E-state index is 0.1000. The normalized spacial score (nSPS) is 19.3. The van der Waals surface area contributed by atoms with Gasteiger partial charge in [-0.2, -0.15) is 0 Å². The molecule has 30 heavy (non-hydrogen) atoms. The van der Waals surface area contributed by atoms with Crippen molar-refractivity contribution in [2.24, 2.45) is 11.3 Å². The highest BCUT2D eigenvalue weighted by Crippen LogP contribution is 2.41. The van der Waals surface area contributed by atoms with Crippen LogP contribution in [0.2, 0.25) is 0 Å². The highest BCUT2D eigenvalue weighted by molar-refractivity contribution is 5.88. The average Bonchev–Trinajstić information content (AvgIpc) is 2.72. The van der Waals surface area contributed by atoms with Crippen LogP contribution in [0.25, 0.3) is 11.3 Å². The van der Waals surface area contributed by atoms with E-state index >= 15 is 0 Å². The summed E-state index contributed by atoms with van der Waals surface area (Å²) in [6.07, 6.45) is 9.30. The van der Waals surface area contributed by atoms with Crippen LogP contribution in [0, 0.1) is 17.2 Å². The topological polar surface area (TPSA) is 75.5 Å². The van der Waals surface area contributed by atoms with Gasteiger partial charge in [0.2, 0.25) is 5.88 Å². The molecule has 0 spiro atoms. The molecule has 160 valence electrons. The van der Waals surface area contributed by atoms with Gasteiger partial charge in [-0.25, -0.2) is 19.2 Å². The van der Waals surface area contributed by atoms with E-state index in [9.17, 15) is 9.18 Å². The Kier molecular flexibility index (Phi) is 5.99. The number of aromatic carboxylic acids is 1. The summed E-state index contributed by atoms with van der Waals surface area (Å²) in [5.41, 5.74) is 0.992. The van der Waals surface area contributed by atoms with Gasteiger partial charge in [0.1, 0.15) is 5.82 Å². The van der Waals surface area contributed by atoms with Crippen molar-refractivity contribution in [1.82, 2.24) is 14.9 Å². The smallest absolute Gasteiger partial charge is 0.335 e. The third-order valence-corrected chi connectivity index (χ3v) is 6.46. The third kappa shape index (κ3) is 4.78. The number of hydrogen-bond acceptors (Lipinski definition) is 5. The summed E-state index contributed by atoms with van der Waals surface area (Å²) >= 11 is 0. The molecular weight excluding hydrogens is 385 g/mol. The Labute approximate surface area is 176 Å². The fourth-order valence-corrected chi connectivity index (χ4v) is 4.38. The van der Waals surface area contributed by atoms with Gasteiger partial charge in [0.15, 0.2) is 0 Å². The van der Waals surface area contributed by atoms with Crippen LogP contribution in [0.5, 0.6) is 5.88 Å². The molecule has 1 N–H and O–H groups in total. The molecule has 7 heteroatoms. The molecule has 1 aromatic heterocycles. The van der Waals surface area contributed by atoms with Crippen molar-refractivity contribution in [2.45, 2.75) is 39.0 Å². The van der Waals surface area contributed by atoms with Crippen LogP contribution in [0.1, 0.15) is 49.4 Å². The Morgan fingerprint density at radius 2 is 2.03 bits per heavy atom. The largest absolute Gasteiger partial charge is 0.478 e. The molecule has 0 unspecified atom stereocenters. The highest BCUT2D eigenvalue weighted by atomic mass is 19.1. The first-order chi connectivity index (χ1) is 14.4. The second-order valence-electron chi connectivity index (χ2n) is 8.93. The van der Waals surface area contributed by atoms with Gasteiger partial charge in [0, 0.05) is 12.1 Å². The van der Waals surface area contributed by atoms with E-state index in [1.807, 2.05) is 0 Å². The Balaban J connectivity index is 1.27. The standard InChI is InChI=1S/C23H28FN3O3/c1-23(7-2-8-23)15-27-9-5-16(6-10-27)14-30-21-13-25-20(12-26-21)18-4-3-17(22(28)29)11-19(18)24/h3-4,11-13,16H,2,5-10,14-15H2,1H3,(H,28,29).